The Morgan fingerprint density at radius 2 is 1.82 bits per heavy atom. The molecule has 0 aliphatic carbocycles. The van der Waals surface area contributed by atoms with Crippen LogP contribution >= 0.6 is 11.6 Å². The zero-order chi connectivity index (χ0) is 24.7. The number of Topliss-reactive ketones (excluding diaryl/α,β-unsaturated/α-hetero) is 1. The van der Waals surface area contributed by atoms with Crippen molar-refractivity contribution in [1.29, 1.82) is 0 Å². The highest BCUT2D eigenvalue weighted by atomic mass is 35.5. The number of carbonyl (C=O) groups is 2. The zero-order valence-electron chi connectivity index (χ0n) is 20.1. The third kappa shape index (κ3) is 5.80. The lowest BCUT2D eigenvalue weighted by Gasteiger charge is -2.28. The van der Waals surface area contributed by atoms with Crippen LogP contribution in [0.25, 0.3) is 5.76 Å². The minimum Gasteiger partial charge on any atom is -0.507 e. The van der Waals surface area contributed by atoms with E-state index in [2.05, 4.69) is 25.7 Å². The Balaban J connectivity index is 2.04. The minimum absolute atomic E-state index is 0.0671. The summed E-state index contributed by atoms with van der Waals surface area (Å²) in [6.45, 7) is 9.43. The average molecular weight is 485 g/mol. The Morgan fingerprint density at radius 3 is 2.50 bits per heavy atom. The standard InChI is InChI=1S/C27H33ClN2O4/c1-4-7-16-34-22-13-9-11-20(18-22)25(31)23-24(19-10-8-12-21(28)17-19)30(27(33)26(23)32)15-14-29(5-2)6-3/h8-13,17-18,24,31H,4-7,14-16H2,1-3H3. The maximum absolute atomic E-state index is 13.2. The fourth-order valence-corrected chi connectivity index (χ4v) is 4.34. The molecule has 1 heterocycles. The molecule has 0 aromatic heterocycles. The monoisotopic (exact) mass is 484 g/mol. The predicted octanol–water partition coefficient (Wildman–Crippen LogP) is 5.28. The van der Waals surface area contributed by atoms with Gasteiger partial charge in [0.2, 0.25) is 0 Å². The molecule has 1 fully saturated rings. The maximum atomic E-state index is 13.2. The molecule has 2 aromatic rings. The van der Waals surface area contributed by atoms with Gasteiger partial charge in [-0.2, -0.15) is 0 Å². The number of nitrogens with zero attached hydrogens (tertiary/aromatic N) is 2. The van der Waals surface area contributed by atoms with Crippen molar-refractivity contribution >= 4 is 29.1 Å². The summed E-state index contributed by atoms with van der Waals surface area (Å²) in [5.74, 6) is -0.921. The van der Waals surface area contributed by atoms with Crippen LogP contribution in [0, 0.1) is 0 Å². The van der Waals surface area contributed by atoms with Gasteiger partial charge in [0.05, 0.1) is 18.2 Å². The van der Waals surface area contributed by atoms with Crippen molar-refractivity contribution in [3.63, 3.8) is 0 Å². The van der Waals surface area contributed by atoms with E-state index >= 15 is 0 Å². The van der Waals surface area contributed by atoms with E-state index in [4.69, 9.17) is 16.3 Å². The van der Waals surface area contributed by atoms with Gasteiger partial charge in [-0.15, -0.1) is 0 Å². The van der Waals surface area contributed by atoms with E-state index in [1.165, 1.54) is 0 Å². The SMILES string of the molecule is CCCCOc1cccc(C(O)=C2C(=O)C(=O)N(CCN(CC)CC)C2c2cccc(Cl)c2)c1. The molecule has 7 heteroatoms. The van der Waals surface area contributed by atoms with Crippen LogP contribution in [0.4, 0.5) is 0 Å². The van der Waals surface area contributed by atoms with Gasteiger partial charge in [0.1, 0.15) is 11.5 Å². The third-order valence-corrected chi connectivity index (χ3v) is 6.37. The summed E-state index contributed by atoms with van der Waals surface area (Å²) >= 11 is 6.25. The van der Waals surface area contributed by atoms with Crippen LogP contribution in [0.5, 0.6) is 5.75 Å². The number of halogens is 1. The van der Waals surface area contributed by atoms with E-state index < -0.39 is 17.7 Å². The summed E-state index contributed by atoms with van der Waals surface area (Å²) in [5.41, 5.74) is 1.18. The lowest BCUT2D eigenvalue weighted by Crippen LogP contribution is -2.38. The highest BCUT2D eigenvalue weighted by Gasteiger charge is 2.46. The number of carbonyl (C=O) groups excluding carboxylic acids is 2. The topological polar surface area (TPSA) is 70.1 Å². The van der Waals surface area contributed by atoms with Gasteiger partial charge in [-0.25, -0.2) is 0 Å². The molecule has 182 valence electrons. The molecule has 0 bridgehead atoms. The van der Waals surface area contributed by atoms with E-state index in [9.17, 15) is 14.7 Å². The second-order valence-electron chi connectivity index (χ2n) is 8.30. The van der Waals surface area contributed by atoms with E-state index in [1.54, 1.807) is 41.3 Å². The van der Waals surface area contributed by atoms with E-state index in [0.717, 1.165) is 25.9 Å². The molecule has 0 saturated carbocycles. The van der Waals surface area contributed by atoms with Crippen LogP contribution in [-0.2, 0) is 9.59 Å². The second kappa shape index (κ2) is 12.0. The first-order chi connectivity index (χ1) is 16.4. The number of unbranched alkanes of at least 4 members (excludes halogenated alkanes) is 1. The van der Waals surface area contributed by atoms with Gasteiger partial charge >= 0.3 is 0 Å². The number of ether oxygens (including phenoxy) is 1. The smallest absolute Gasteiger partial charge is 0.295 e. The summed E-state index contributed by atoms with van der Waals surface area (Å²) < 4.78 is 5.77. The van der Waals surface area contributed by atoms with E-state index in [0.29, 0.717) is 41.6 Å². The van der Waals surface area contributed by atoms with E-state index in [-0.39, 0.29) is 11.3 Å². The minimum atomic E-state index is -0.723. The lowest BCUT2D eigenvalue weighted by molar-refractivity contribution is -0.140. The molecule has 1 N–H and O–H groups in total. The second-order valence-corrected chi connectivity index (χ2v) is 8.74. The normalized spacial score (nSPS) is 17.6. The molecule has 1 aliphatic heterocycles. The summed E-state index contributed by atoms with van der Waals surface area (Å²) in [6.07, 6.45) is 1.93. The molecular weight excluding hydrogens is 452 g/mol. The van der Waals surface area contributed by atoms with Crippen LogP contribution in [0.2, 0.25) is 5.02 Å². The Labute approximate surface area is 206 Å². The number of hydrogen-bond acceptors (Lipinski definition) is 5. The van der Waals surface area contributed by atoms with Gasteiger partial charge in [0.25, 0.3) is 11.7 Å². The first-order valence-corrected chi connectivity index (χ1v) is 12.3. The van der Waals surface area contributed by atoms with Crippen molar-refractivity contribution in [2.75, 3.05) is 32.8 Å². The fraction of sp³-hybridized carbons (Fsp3) is 0.407. The molecule has 1 amide bonds. The first-order valence-electron chi connectivity index (χ1n) is 11.9. The van der Waals surface area contributed by atoms with Crippen molar-refractivity contribution in [2.24, 2.45) is 0 Å². The molecule has 1 atom stereocenters. The molecule has 1 unspecified atom stereocenters. The Morgan fingerprint density at radius 1 is 1.09 bits per heavy atom. The molecule has 3 rings (SSSR count). The summed E-state index contributed by atoms with van der Waals surface area (Å²) in [5, 5.41) is 11.8. The number of likely N-dealkylation sites (N-methyl/N-ethyl adjacent to an activating group) is 1. The van der Waals surface area contributed by atoms with Gasteiger partial charge in [-0.1, -0.05) is 63.1 Å². The fourth-order valence-electron chi connectivity index (χ4n) is 4.15. The highest BCUT2D eigenvalue weighted by Crippen LogP contribution is 2.40. The number of hydrogen-bond donors (Lipinski definition) is 1. The van der Waals surface area contributed by atoms with Crippen LogP contribution in [-0.4, -0.2) is 59.4 Å². The largest absolute Gasteiger partial charge is 0.507 e. The van der Waals surface area contributed by atoms with Crippen LogP contribution < -0.4 is 4.74 Å². The van der Waals surface area contributed by atoms with Crippen molar-refractivity contribution < 1.29 is 19.4 Å². The van der Waals surface area contributed by atoms with Crippen LogP contribution in [0.15, 0.2) is 54.1 Å². The Bertz CT molecular complexity index is 1050. The Hall–Kier alpha value is -2.83. The number of amides is 1. The molecular formula is C27H33ClN2O4. The Kier molecular flexibility index (Phi) is 9.13. The van der Waals surface area contributed by atoms with E-state index in [1.807, 2.05) is 12.1 Å². The van der Waals surface area contributed by atoms with Crippen molar-refractivity contribution in [3.05, 3.63) is 70.3 Å². The van der Waals surface area contributed by atoms with Crippen LogP contribution in [0.1, 0.15) is 50.8 Å². The van der Waals surface area contributed by atoms with Crippen molar-refractivity contribution in [1.82, 2.24) is 9.80 Å². The summed E-state index contributed by atoms with van der Waals surface area (Å²) in [4.78, 5) is 30.0. The molecule has 34 heavy (non-hydrogen) atoms. The molecule has 0 radical (unpaired) electrons. The molecule has 6 nitrogen and oxygen atoms in total. The van der Waals surface area contributed by atoms with Crippen molar-refractivity contribution in [2.45, 2.75) is 39.7 Å². The van der Waals surface area contributed by atoms with Gasteiger partial charge in [-0.3, -0.25) is 9.59 Å². The number of benzene rings is 2. The third-order valence-electron chi connectivity index (χ3n) is 6.13. The first kappa shape index (κ1) is 25.8. The number of aliphatic hydroxyl groups excluding tert-OH is 1. The number of ketones is 1. The zero-order valence-corrected chi connectivity index (χ0v) is 20.8. The van der Waals surface area contributed by atoms with Gasteiger partial charge in [0, 0.05) is 23.7 Å². The summed E-state index contributed by atoms with van der Waals surface area (Å²) in [7, 11) is 0. The molecule has 0 spiro atoms. The van der Waals surface area contributed by atoms with Gasteiger partial charge < -0.3 is 19.6 Å². The maximum Gasteiger partial charge on any atom is 0.295 e. The average Bonchev–Trinajstić information content (AvgIpc) is 3.09. The predicted molar refractivity (Wildman–Crippen MR) is 135 cm³/mol. The quantitative estimate of drug-likeness (QED) is 0.203. The van der Waals surface area contributed by atoms with Crippen molar-refractivity contribution in [3.8, 4) is 5.75 Å². The number of rotatable bonds is 11. The molecule has 1 saturated heterocycles. The summed E-state index contributed by atoms with van der Waals surface area (Å²) in [6, 6.07) is 13.3. The van der Waals surface area contributed by atoms with Crippen LogP contribution in [0.3, 0.4) is 0 Å². The highest BCUT2D eigenvalue weighted by molar-refractivity contribution is 6.46. The van der Waals surface area contributed by atoms with Gasteiger partial charge in [0.15, 0.2) is 0 Å². The lowest BCUT2D eigenvalue weighted by atomic mass is 9.95. The number of aliphatic hydroxyl groups is 1. The van der Waals surface area contributed by atoms with Gasteiger partial charge in [-0.05, 0) is 49.3 Å². The number of likely N-dealkylation sites (tertiary alicyclic amines) is 1. The molecule has 2 aromatic carbocycles. The molecule has 1 aliphatic rings.